The number of amides is 1. The first kappa shape index (κ1) is 15.3. The Morgan fingerprint density at radius 3 is 2.48 bits per heavy atom. The van der Waals surface area contributed by atoms with Crippen molar-refractivity contribution >= 4 is 11.9 Å². The maximum atomic E-state index is 12.7. The number of ether oxygens (including phenoxy) is 1. The van der Waals surface area contributed by atoms with E-state index >= 15 is 0 Å². The van der Waals surface area contributed by atoms with E-state index in [1.54, 1.807) is 0 Å². The van der Waals surface area contributed by atoms with Gasteiger partial charge in [0, 0.05) is 0 Å². The molecule has 0 aromatic heterocycles. The van der Waals surface area contributed by atoms with Crippen LogP contribution in [0, 0.1) is 5.82 Å². The summed E-state index contributed by atoms with van der Waals surface area (Å²) in [7, 11) is 0. The molecule has 1 aromatic carbocycles. The van der Waals surface area contributed by atoms with Crippen molar-refractivity contribution in [3.05, 3.63) is 30.1 Å². The molecule has 1 amide bonds. The third-order valence-electron chi connectivity index (χ3n) is 3.62. The number of nitrogens with one attached hydrogen (secondary N) is 1. The van der Waals surface area contributed by atoms with Gasteiger partial charge in [0.2, 0.25) is 5.91 Å². The van der Waals surface area contributed by atoms with Crippen LogP contribution < -0.4 is 10.1 Å². The maximum Gasteiger partial charge on any atom is 0.305 e. The molecule has 2 N–H and O–H groups in total. The van der Waals surface area contributed by atoms with E-state index in [0.29, 0.717) is 18.6 Å². The second-order valence-corrected chi connectivity index (χ2v) is 5.30. The average molecular weight is 295 g/mol. The highest BCUT2D eigenvalue weighted by molar-refractivity contribution is 5.78. The van der Waals surface area contributed by atoms with Gasteiger partial charge in [0.25, 0.3) is 0 Å². The molecule has 0 aliphatic heterocycles. The number of carboxylic acid groups (broad SMARTS) is 1. The number of halogens is 1. The molecule has 0 spiro atoms. The van der Waals surface area contributed by atoms with E-state index in [0.717, 1.165) is 6.42 Å². The van der Waals surface area contributed by atoms with Gasteiger partial charge in [0.15, 0.2) is 0 Å². The predicted octanol–water partition coefficient (Wildman–Crippen LogP) is 2.11. The number of carbonyl (C=O) groups is 2. The van der Waals surface area contributed by atoms with Crippen LogP contribution in [-0.2, 0) is 9.59 Å². The second kappa shape index (κ2) is 6.56. The first-order chi connectivity index (χ1) is 9.99. The van der Waals surface area contributed by atoms with Crippen molar-refractivity contribution in [3.8, 4) is 5.75 Å². The summed E-state index contributed by atoms with van der Waals surface area (Å²) in [6.45, 7) is 0.167. The van der Waals surface area contributed by atoms with Gasteiger partial charge in [-0.2, -0.15) is 0 Å². The van der Waals surface area contributed by atoms with E-state index < -0.39 is 11.5 Å². The highest BCUT2D eigenvalue weighted by Gasteiger charge is 2.40. The minimum absolute atomic E-state index is 0.0441. The fourth-order valence-electron chi connectivity index (χ4n) is 2.39. The Balaban J connectivity index is 1.74. The van der Waals surface area contributed by atoms with E-state index in [2.05, 4.69) is 5.32 Å². The summed E-state index contributed by atoms with van der Waals surface area (Å²) in [6.07, 6.45) is 2.42. The minimum Gasteiger partial charge on any atom is -0.493 e. The molecule has 1 aliphatic rings. The Morgan fingerprint density at radius 2 is 1.95 bits per heavy atom. The van der Waals surface area contributed by atoms with E-state index in [4.69, 9.17) is 9.84 Å². The van der Waals surface area contributed by atoms with Crippen LogP contribution in [0.2, 0.25) is 0 Å². The Labute approximate surface area is 122 Å². The molecule has 0 atom stereocenters. The molecule has 0 bridgehead atoms. The molecule has 6 heteroatoms. The third-order valence-corrected chi connectivity index (χ3v) is 3.62. The summed E-state index contributed by atoms with van der Waals surface area (Å²) in [6, 6.07) is 5.55. The normalized spacial score (nSPS) is 15.9. The Bertz CT molecular complexity index is 511. The number of hydrogen-bond acceptors (Lipinski definition) is 3. The van der Waals surface area contributed by atoms with Gasteiger partial charge in [-0.25, -0.2) is 4.39 Å². The molecule has 1 saturated carbocycles. The lowest BCUT2D eigenvalue weighted by atomic mass is 9.74. The summed E-state index contributed by atoms with van der Waals surface area (Å²) in [4.78, 5) is 22.6. The molecule has 1 fully saturated rings. The fourth-order valence-corrected chi connectivity index (χ4v) is 2.39. The first-order valence-electron chi connectivity index (χ1n) is 6.90. The predicted molar refractivity (Wildman–Crippen MR) is 73.5 cm³/mol. The van der Waals surface area contributed by atoms with Gasteiger partial charge in [-0.05, 0) is 43.5 Å². The van der Waals surface area contributed by atoms with Crippen molar-refractivity contribution < 1.29 is 23.8 Å². The molecule has 114 valence electrons. The molecule has 0 radical (unpaired) electrons. The van der Waals surface area contributed by atoms with Crippen LogP contribution >= 0.6 is 0 Å². The van der Waals surface area contributed by atoms with Gasteiger partial charge in [-0.3, -0.25) is 9.59 Å². The van der Waals surface area contributed by atoms with Crippen molar-refractivity contribution in [3.63, 3.8) is 0 Å². The van der Waals surface area contributed by atoms with Crippen molar-refractivity contribution in [1.29, 1.82) is 0 Å². The van der Waals surface area contributed by atoms with Crippen molar-refractivity contribution in [2.75, 3.05) is 6.61 Å². The van der Waals surface area contributed by atoms with Crippen LogP contribution in [0.25, 0.3) is 0 Å². The number of aliphatic carboxylic acids is 1. The lowest BCUT2D eigenvalue weighted by Gasteiger charge is -2.41. The standard InChI is InChI=1S/C15H18FNO4/c16-11-2-4-12(5-3-11)21-9-6-13(18)17-15(7-1-8-15)10-14(19)20/h2-5H,1,6-10H2,(H,17,18)(H,19,20). The number of rotatable bonds is 7. The zero-order valence-electron chi connectivity index (χ0n) is 11.6. The monoisotopic (exact) mass is 295 g/mol. The van der Waals surface area contributed by atoms with Crippen LogP contribution in [0.4, 0.5) is 4.39 Å². The van der Waals surface area contributed by atoms with Crippen molar-refractivity contribution in [2.24, 2.45) is 0 Å². The van der Waals surface area contributed by atoms with Gasteiger partial charge in [-0.15, -0.1) is 0 Å². The smallest absolute Gasteiger partial charge is 0.305 e. The molecule has 1 aliphatic carbocycles. The lowest BCUT2D eigenvalue weighted by molar-refractivity contribution is -0.140. The lowest BCUT2D eigenvalue weighted by Crippen LogP contribution is -2.54. The zero-order valence-corrected chi connectivity index (χ0v) is 11.6. The van der Waals surface area contributed by atoms with Gasteiger partial charge in [-0.1, -0.05) is 0 Å². The second-order valence-electron chi connectivity index (χ2n) is 5.30. The molecule has 1 aromatic rings. The number of carbonyl (C=O) groups excluding carboxylic acids is 1. The van der Waals surface area contributed by atoms with E-state index in [1.165, 1.54) is 24.3 Å². The molecule has 0 unspecified atom stereocenters. The van der Waals surface area contributed by atoms with Crippen LogP contribution in [-0.4, -0.2) is 29.1 Å². The molecule has 0 saturated heterocycles. The summed E-state index contributed by atoms with van der Waals surface area (Å²) >= 11 is 0. The molecule has 5 nitrogen and oxygen atoms in total. The molecular formula is C15H18FNO4. The molecule has 0 heterocycles. The highest BCUT2D eigenvalue weighted by Crippen LogP contribution is 2.34. The van der Waals surface area contributed by atoms with Crippen LogP contribution in [0.5, 0.6) is 5.75 Å². The molecule has 21 heavy (non-hydrogen) atoms. The van der Waals surface area contributed by atoms with E-state index in [9.17, 15) is 14.0 Å². The largest absolute Gasteiger partial charge is 0.493 e. The Hall–Kier alpha value is -2.11. The summed E-state index contributed by atoms with van der Waals surface area (Å²) in [5.41, 5.74) is -0.585. The number of hydrogen-bond donors (Lipinski definition) is 2. The third kappa shape index (κ3) is 4.44. The molecule has 2 rings (SSSR count). The summed E-state index contributed by atoms with van der Waals surface area (Å²) in [5, 5.41) is 11.7. The van der Waals surface area contributed by atoms with Crippen LogP contribution in [0.3, 0.4) is 0 Å². The number of carboxylic acids is 1. The van der Waals surface area contributed by atoms with Gasteiger partial charge in [0.05, 0.1) is 25.0 Å². The van der Waals surface area contributed by atoms with E-state index in [-0.39, 0.29) is 31.2 Å². The quantitative estimate of drug-likeness (QED) is 0.808. The SMILES string of the molecule is O=C(O)CC1(NC(=O)CCOc2ccc(F)cc2)CCC1. The minimum atomic E-state index is -0.905. The number of benzene rings is 1. The fraction of sp³-hybridized carbons (Fsp3) is 0.467. The Kier molecular flexibility index (Phi) is 4.77. The topological polar surface area (TPSA) is 75.6 Å². The van der Waals surface area contributed by atoms with Crippen molar-refractivity contribution in [2.45, 2.75) is 37.6 Å². The first-order valence-corrected chi connectivity index (χ1v) is 6.90. The zero-order chi connectivity index (χ0) is 15.3. The van der Waals surface area contributed by atoms with Gasteiger partial charge in [0.1, 0.15) is 11.6 Å². The van der Waals surface area contributed by atoms with Gasteiger partial charge < -0.3 is 15.2 Å². The van der Waals surface area contributed by atoms with Crippen LogP contribution in [0.1, 0.15) is 32.1 Å². The highest BCUT2D eigenvalue weighted by atomic mass is 19.1. The van der Waals surface area contributed by atoms with Crippen LogP contribution in [0.15, 0.2) is 24.3 Å². The van der Waals surface area contributed by atoms with Crippen molar-refractivity contribution in [1.82, 2.24) is 5.32 Å². The van der Waals surface area contributed by atoms with Gasteiger partial charge >= 0.3 is 5.97 Å². The Morgan fingerprint density at radius 1 is 1.29 bits per heavy atom. The maximum absolute atomic E-state index is 12.7. The summed E-state index contributed by atoms with van der Waals surface area (Å²) in [5.74, 6) is -0.982. The molecular weight excluding hydrogens is 277 g/mol. The average Bonchev–Trinajstić information content (AvgIpc) is 2.38. The van der Waals surface area contributed by atoms with E-state index in [1.807, 2.05) is 0 Å². The summed E-state index contributed by atoms with van der Waals surface area (Å²) < 4.78 is 18.0.